The molecule has 0 saturated carbocycles. The minimum absolute atomic E-state index is 0.211. The second kappa shape index (κ2) is 5.40. The first kappa shape index (κ1) is 12.9. The number of halogens is 2. The Kier molecular flexibility index (Phi) is 4.09. The van der Waals surface area contributed by atoms with Crippen molar-refractivity contribution in [3.05, 3.63) is 49.6 Å². The number of benzene rings is 1. The number of rotatable bonds is 3. The molecule has 2 nitrogen and oxygen atoms in total. The molecule has 1 aromatic heterocycles. The Bertz CT molecular complexity index is 529. The van der Waals surface area contributed by atoms with E-state index in [1.54, 1.807) is 24.5 Å². The first-order valence-corrected chi connectivity index (χ1v) is 7.00. The van der Waals surface area contributed by atoms with E-state index in [9.17, 15) is 0 Å². The van der Waals surface area contributed by atoms with Crippen molar-refractivity contribution < 1.29 is 4.74 Å². The van der Waals surface area contributed by atoms with E-state index in [1.165, 1.54) is 0 Å². The lowest BCUT2D eigenvalue weighted by Gasteiger charge is -2.15. The SMILES string of the molecule is COc1cc(Cl)ccc1C(N)c1sccc1Br. The number of hydrogen-bond donors (Lipinski definition) is 1. The van der Waals surface area contributed by atoms with Crippen molar-refractivity contribution in [1.82, 2.24) is 0 Å². The third kappa shape index (κ3) is 2.65. The maximum Gasteiger partial charge on any atom is 0.125 e. The fourth-order valence-electron chi connectivity index (χ4n) is 1.61. The van der Waals surface area contributed by atoms with Gasteiger partial charge >= 0.3 is 0 Å². The van der Waals surface area contributed by atoms with E-state index in [0.29, 0.717) is 10.8 Å². The second-order valence-electron chi connectivity index (χ2n) is 3.50. The van der Waals surface area contributed by atoms with Gasteiger partial charge in [0.25, 0.3) is 0 Å². The lowest BCUT2D eigenvalue weighted by molar-refractivity contribution is 0.408. The van der Waals surface area contributed by atoms with Gasteiger partial charge in [-0.1, -0.05) is 17.7 Å². The predicted octanol–water partition coefficient (Wildman–Crippen LogP) is 4.22. The molecule has 17 heavy (non-hydrogen) atoms. The fraction of sp³-hybridized carbons (Fsp3) is 0.167. The van der Waals surface area contributed by atoms with Gasteiger partial charge in [-0.3, -0.25) is 0 Å². The van der Waals surface area contributed by atoms with Crippen molar-refractivity contribution in [2.24, 2.45) is 5.73 Å². The van der Waals surface area contributed by atoms with Gasteiger partial charge in [-0.25, -0.2) is 0 Å². The van der Waals surface area contributed by atoms with E-state index >= 15 is 0 Å². The number of hydrogen-bond acceptors (Lipinski definition) is 3. The normalized spacial score (nSPS) is 12.5. The maximum atomic E-state index is 6.25. The van der Waals surface area contributed by atoms with Crippen LogP contribution in [0.4, 0.5) is 0 Å². The molecule has 0 saturated heterocycles. The van der Waals surface area contributed by atoms with Crippen LogP contribution in [0, 0.1) is 0 Å². The highest BCUT2D eigenvalue weighted by atomic mass is 79.9. The van der Waals surface area contributed by atoms with Crippen LogP contribution in [-0.2, 0) is 0 Å². The van der Waals surface area contributed by atoms with Crippen LogP contribution >= 0.6 is 38.9 Å². The largest absolute Gasteiger partial charge is 0.496 e. The van der Waals surface area contributed by atoms with Crippen molar-refractivity contribution in [2.75, 3.05) is 7.11 Å². The zero-order chi connectivity index (χ0) is 12.4. The first-order valence-electron chi connectivity index (χ1n) is 4.95. The minimum Gasteiger partial charge on any atom is -0.496 e. The van der Waals surface area contributed by atoms with E-state index in [1.807, 2.05) is 23.6 Å². The van der Waals surface area contributed by atoms with Crippen LogP contribution in [0.5, 0.6) is 5.75 Å². The third-order valence-corrected chi connectivity index (χ3v) is 4.65. The third-order valence-electron chi connectivity index (χ3n) is 2.46. The van der Waals surface area contributed by atoms with Gasteiger partial charge in [0.1, 0.15) is 5.75 Å². The molecule has 0 radical (unpaired) electrons. The van der Waals surface area contributed by atoms with E-state index < -0.39 is 0 Å². The minimum atomic E-state index is -0.211. The van der Waals surface area contributed by atoms with Crippen LogP contribution in [0.15, 0.2) is 34.1 Å². The van der Waals surface area contributed by atoms with Gasteiger partial charge < -0.3 is 10.5 Å². The summed E-state index contributed by atoms with van der Waals surface area (Å²) in [6.07, 6.45) is 0. The molecular formula is C12H11BrClNOS. The van der Waals surface area contributed by atoms with Gasteiger partial charge in [0.15, 0.2) is 0 Å². The molecule has 1 heterocycles. The second-order valence-corrected chi connectivity index (χ2v) is 5.74. The topological polar surface area (TPSA) is 35.2 Å². The Labute approximate surface area is 117 Å². The Hall–Kier alpha value is -0.550. The smallest absolute Gasteiger partial charge is 0.125 e. The van der Waals surface area contributed by atoms with Gasteiger partial charge in [0.2, 0.25) is 0 Å². The molecule has 2 rings (SSSR count). The van der Waals surface area contributed by atoms with Gasteiger partial charge in [0, 0.05) is 19.9 Å². The molecule has 0 bridgehead atoms. The Morgan fingerprint density at radius 3 is 2.76 bits per heavy atom. The van der Waals surface area contributed by atoms with Gasteiger partial charge in [0.05, 0.1) is 13.2 Å². The summed E-state index contributed by atoms with van der Waals surface area (Å²) in [5.74, 6) is 0.713. The molecule has 2 N–H and O–H groups in total. The molecule has 90 valence electrons. The maximum absolute atomic E-state index is 6.25. The Balaban J connectivity index is 2.44. The Morgan fingerprint density at radius 1 is 1.41 bits per heavy atom. The molecule has 0 aliphatic rings. The fourth-order valence-corrected chi connectivity index (χ4v) is 3.41. The van der Waals surface area contributed by atoms with Crippen LogP contribution in [0.1, 0.15) is 16.5 Å². The van der Waals surface area contributed by atoms with Crippen LogP contribution in [-0.4, -0.2) is 7.11 Å². The monoisotopic (exact) mass is 331 g/mol. The van der Waals surface area contributed by atoms with E-state index in [-0.39, 0.29) is 6.04 Å². The highest BCUT2D eigenvalue weighted by Gasteiger charge is 2.17. The highest BCUT2D eigenvalue weighted by molar-refractivity contribution is 9.10. The predicted molar refractivity (Wildman–Crippen MR) is 76.1 cm³/mol. The molecule has 0 aliphatic carbocycles. The standard InChI is InChI=1S/C12H11BrClNOS/c1-16-10-6-7(14)2-3-8(10)11(15)12-9(13)4-5-17-12/h2-6,11H,15H2,1H3. The zero-order valence-corrected chi connectivity index (χ0v) is 12.3. The average Bonchev–Trinajstić information content (AvgIpc) is 2.74. The Morgan fingerprint density at radius 2 is 2.18 bits per heavy atom. The summed E-state index contributed by atoms with van der Waals surface area (Å²) >= 11 is 11.0. The quantitative estimate of drug-likeness (QED) is 0.913. The lowest BCUT2D eigenvalue weighted by Crippen LogP contribution is -2.12. The van der Waals surface area contributed by atoms with Crippen molar-refractivity contribution in [3.63, 3.8) is 0 Å². The number of ether oxygens (including phenoxy) is 1. The molecule has 0 aliphatic heterocycles. The number of methoxy groups -OCH3 is 1. The van der Waals surface area contributed by atoms with Crippen molar-refractivity contribution in [2.45, 2.75) is 6.04 Å². The molecule has 0 fully saturated rings. The molecular weight excluding hydrogens is 322 g/mol. The van der Waals surface area contributed by atoms with E-state index in [2.05, 4.69) is 15.9 Å². The molecule has 0 amide bonds. The van der Waals surface area contributed by atoms with Gasteiger partial charge in [-0.2, -0.15) is 0 Å². The summed E-state index contributed by atoms with van der Waals surface area (Å²) in [5, 5.41) is 2.64. The summed E-state index contributed by atoms with van der Waals surface area (Å²) < 4.78 is 6.33. The van der Waals surface area contributed by atoms with Crippen LogP contribution in [0.25, 0.3) is 0 Å². The first-order chi connectivity index (χ1) is 8.13. The lowest BCUT2D eigenvalue weighted by atomic mass is 10.1. The van der Waals surface area contributed by atoms with Crippen molar-refractivity contribution in [1.29, 1.82) is 0 Å². The average molecular weight is 333 g/mol. The molecule has 1 aromatic carbocycles. The highest BCUT2D eigenvalue weighted by Crippen LogP contribution is 2.36. The summed E-state index contributed by atoms with van der Waals surface area (Å²) in [5.41, 5.74) is 7.18. The van der Waals surface area contributed by atoms with Gasteiger partial charge in [-0.05, 0) is 39.5 Å². The van der Waals surface area contributed by atoms with Crippen LogP contribution < -0.4 is 10.5 Å². The van der Waals surface area contributed by atoms with Crippen LogP contribution in [0.3, 0.4) is 0 Å². The molecule has 1 unspecified atom stereocenters. The van der Waals surface area contributed by atoms with E-state index in [4.69, 9.17) is 22.1 Å². The van der Waals surface area contributed by atoms with Crippen molar-refractivity contribution in [3.8, 4) is 5.75 Å². The van der Waals surface area contributed by atoms with Gasteiger partial charge in [-0.15, -0.1) is 11.3 Å². The van der Waals surface area contributed by atoms with Crippen molar-refractivity contribution >= 4 is 38.9 Å². The zero-order valence-electron chi connectivity index (χ0n) is 9.11. The summed E-state index contributed by atoms with van der Waals surface area (Å²) in [4.78, 5) is 1.07. The molecule has 1 atom stereocenters. The molecule has 5 heteroatoms. The molecule has 2 aromatic rings. The summed E-state index contributed by atoms with van der Waals surface area (Å²) in [7, 11) is 1.62. The summed E-state index contributed by atoms with van der Waals surface area (Å²) in [6, 6.07) is 7.27. The van der Waals surface area contributed by atoms with Crippen LogP contribution in [0.2, 0.25) is 5.02 Å². The summed E-state index contributed by atoms with van der Waals surface area (Å²) in [6.45, 7) is 0. The van der Waals surface area contributed by atoms with E-state index in [0.717, 1.165) is 14.9 Å². The molecule has 0 spiro atoms. The number of nitrogens with two attached hydrogens (primary N) is 1. The number of thiophene rings is 1.